The average molecular weight is 210 g/mol. The Kier molecular flexibility index (Phi) is 2.96. The maximum Gasteiger partial charge on any atom is 0.0798 e. The molecule has 0 aromatic heterocycles. The van der Waals surface area contributed by atoms with E-state index >= 15 is 0 Å². The minimum absolute atomic E-state index is 0.238. The number of nitrogen functional groups attached to an aromatic ring is 1. The SMILES string of the molecule is Nc1ccc(S[C@@H]2CNC[C@H]2O)cc1. The molecule has 0 spiro atoms. The molecule has 0 amide bonds. The molecule has 2 atom stereocenters. The Morgan fingerprint density at radius 3 is 2.57 bits per heavy atom. The molecule has 0 radical (unpaired) electrons. The van der Waals surface area contributed by atoms with Crippen LogP contribution in [0.4, 0.5) is 5.69 Å². The van der Waals surface area contributed by atoms with E-state index in [1.807, 2.05) is 24.3 Å². The molecule has 1 fully saturated rings. The van der Waals surface area contributed by atoms with Gasteiger partial charge in [0.25, 0.3) is 0 Å². The molecule has 4 heteroatoms. The average Bonchev–Trinajstić information content (AvgIpc) is 2.56. The largest absolute Gasteiger partial charge is 0.399 e. The van der Waals surface area contributed by atoms with Crippen LogP contribution in [0.1, 0.15) is 0 Å². The number of anilines is 1. The number of thioether (sulfide) groups is 1. The molecule has 1 heterocycles. The molecule has 0 unspecified atom stereocenters. The van der Waals surface area contributed by atoms with Gasteiger partial charge in [-0.05, 0) is 24.3 Å². The number of rotatable bonds is 2. The van der Waals surface area contributed by atoms with E-state index in [0.29, 0.717) is 6.54 Å². The van der Waals surface area contributed by atoms with E-state index in [1.54, 1.807) is 11.8 Å². The maximum absolute atomic E-state index is 9.60. The van der Waals surface area contributed by atoms with Crippen molar-refractivity contribution >= 4 is 17.4 Å². The van der Waals surface area contributed by atoms with Gasteiger partial charge in [-0.25, -0.2) is 0 Å². The van der Waals surface area contributed by atoms with Gasteiger partial charge in [0.1, 0.15) is 0 Å². The van der Waals surface area contributed by atoms with Crippen molar-refractivity contribution in [3.8, 4) is 0 Å². The van der Waals surface area contributed by atoms with Crippen LogP contribution in [0.2, 0.25) is 0 Å². The highest BCUT2D eigenvalue weighted by Gasteiger charge is 2.25. The lowest BCUT2D eigenvalue weighted by atomic mass is 10.3. The second-order valence-corrected chi connectivity index (χ2v) is 4.76. The van der Waals surface area contributed by atoms with Gasteiger partial charge < -0.3 is 16.2 Å². The number of nitrogens with two attached hydrogens (primary N) is 1. The van der Waals surface area contributed by atoms with Crippen molar-refractivity contribution in [2.45, 2.75) is 16.2 Å². The van der Waals surface area contributed by atoms with Crippen LogP contribution in [0.3, 0.4) is 0 Å². The van der Waals surface area contributed by atoms with E-state index in [9.17, 15) is 5.11 Å². The van der Waals surface area contributed by atoms with Crippen LogP contribution >= 0.6 is 11.8 Å². The zero-order valence-corrected chi connectivity index (χ0v) is 8.63. The van der Waals surface area contributed by atoms with Crippen LogP contribution < -0.4 is 11.1 Å². The molecule has 0 aliphatic carbocycles. The number of β-amino-alcohol motifs (C(OH)–C–C–N with tert-alkyl or cyclic N) is 1. The lowest BCUT2D eigenvalue weighted by Gasteiger charge is -2.12. The summed E-state index contributed by atoms with van der Waals surface area (Å²) in [5.41, 5.74) is 6.37. The van der Waals surface area contributed by atoms with E-state index in [1.165, 1.54) is 0 Å². The van der Waals surface area contributed by atoms with E-state index in [0.717, 1.165) is 17.1 Å². The summed E-state index contributed by atoms with van der Waals surface area (Å²) in [6.07, 6.45) is -0.238. The number of benzene rings is 1. The quantitative estimate of drug-likeness (QED) is 0.629. The van der Waals surface area contributed by atoms with Gasteiger partial charge in [-0.3, -0.25) is 0 Å². The normalized spacial score (nSPS) is 26.6. The summed E-state index contributed by atoms with van der Waals surface area (Å²) in [7, 11) is 0. The first-order chi connectivity index (χ1) is 6.75. The fraction of sp³-hybridized carbons (Fsp3) is 0.400. The number of hydrogen-bond donors (Lipinski definition) is 3. The first-order valence-electron chi connectivity index (χ1n) is 4.67. The lowest BCUT2D eigenvalue weighted by molar-refractivity contribution is 0.201. The van der Waals surface area contributed by atoms with E-state index in [4.69, 9.17) is 5.73 Å². The van der Waals surface area contributed by atoms with Crippen molar-refractivity contribution in [1.82, 2.24) is 5.32 Å². The molecule has 1 aromatic carbocycles. The maximum atomic E-state index is 9.60. The van der Waals surface area contributed by atoms with E-state index in [-0.39, 0.29) is 11.4 Å². The van der Waals surface area contributed by atoms with Crippen molar-refractivity contribution in [3.05, 3.63) is 24.3 Å². The number of nitrogens with one attached hydrogen (secondary N) is 1. The summed E-state index contributed by atoms with van der Waals surface area (Å²) in [6.45, 7) is 1.57. The zero-order chi connectivity index (χ0) is 9.97. The van der Waals surface area contributed by atoms with Crippen LogP contribution in [-0.4, -0.2) is 29.5 Å². The van der Waals surface area contributed by atoms with Gasteiger partial charge in [0.05, 0.1) is 6.10 Å². The van der Waals surface area contributed by atoms with Crippen LogP contribution in [0.25, 0.3) is 0 Å². The molecule has 1 saturated heterocycles. The molecule has 76 valence electrons. The Morgan fingerprint density at radius 2 is 2.00 bits per heavy atom. The second kappa shape index (κ2) is 4.21. The monoisotopic (exact) mass is 210 g/mol. The molecule has 2 rings (SSSR count). The Hall–Kier alpha value is -0.710. The molecule has 1 aliphatic rings. The van der Waals surface area contributed by atoms with Gasteiger partial charge >= 0.3 is 0 Å². The highest BCUT2D eigenvalue weighted by atomic mass is 32.2. The molecule has 0 bridgehead atoms. The lowest BCUT2D eigenvalue weighted by Crippen LogP contribution is -2.19. The van der Waals surface area contributed by atoms with Crippen LogP contribution in [-0.2, 0) is 0 Å². The van der Waals surface area contributed by atoms with Gasteiger partial charge in [0.2, 0.25) is 0 Å². The van der Waals surface area contributed by atoms with Crippen molar-refractivity contribution < 1.29 is 5.11 Å². The smallest absolute Gasteiger partial charge is 0.0798 e. The van der Waals surface area contributed by atoms with Crippen molar-refractivity contribution in [2.75, 3.05) is 18.8 Å². The third kappa shape index (κ3) is 2.20. The molecular formula is C10H14N2OS. The Labute approximate surface area is 87.7 Å². The van der Waals surface area contributed by atoms with Crippen molar-refractivity contribution in [3.63, 3.8) is 0 Å². The standard InChI is InChI=1S/C10H14N2OS/c11-7-1-3-8(4-2-7)14-10-6-12-5-9(10)13/h1-4,9-10,12-13H,5-6,11H2/t9-,10-/m1/s1. The van der Waals surface area contributed by atoms with Gasteiger partial charge in [-0.15, -0.1) is 11.8 Å². The molecule has 3 nitrogen and oxygen atoms in total. The summed E-state index contributed by atoms with van der Waals surface area (Å²) in [5, 5.41) is 13.0. The Balaban J connectivity index is 2.00. The third-order valence-corrected chi connectivity index (χ3v) is 3.62. The van der Waals surface area contributed by atoms with Crippen LogP contribution in [0.5, 0.6) is 0 Å². The highest BCUT2D eigenvalue weighted by molar-refractivity contribution is 8.00. The van der Waals surface area contributed by atoms with Crippen LogP contribution in [0.15, 0.2) is 29.2 Å². The molecule has 14 heavy (non-hydrogen) atoms. The zero-order valence-electron chi connectivity index (χ0n) is 7.81. The predicted octanol–water partition coefficient (Wildman–Crippen LogP) is 0.694. The summed E-state index contributed by atoms with van der Waals surface area (Å²) < 4.78 is 0. The summed E-state index contributed by atoms with van der Waals surface area (Å²) in [5.74, 6) is 0. The number of hydrogen-bond acceptors (Lipinski definition) is 4. The number of aliphatic hydroxyl groups is 1. The van der Waals surface area contributed by atoms with Crippen molar-refractivity contribution in [1.29, 1.82) is 0 Å². The van der Waals surface area contributed by atoms with E-state index in [2.05, 4.69) is 5.32 Å². The molecule has 1 aromatic rings. The fourth-order valence-corrected chi connectivity index (χ4v) is 2.58. The van der Waals surface area contributed by atoms with Gasteiger partial charge in [-0.2, -0.15) is 0 Å². The summed E-state index contributed by atoms with van der Waals surface area (Å²) in [6, 6.07) is 7.75. The first-order valence-corrected chi connectivity index (χ1v) is 5.54. The molecular weight excluding hydrogens is 196 g/mol. The van der Waals surface area contributed by atoms with Gasteiger partial charge in [0.15, 0.2) is 0 Å². The first kappa shape index (κ1) is 9.83. The predicted molar refractivity (Wildman–Crippen MR) is 59.4 cm³/mol. The van der Waals surface area contributed by atoms with E-state index < -0.39 is 0 Å². The summed E-state index contributed by atoms with van der Waals surface area (Å²) >= 11 is 1.70. The van der Waals surface area contributed by atoms with Crippen molar-refractivity contribution in [2.24, 2.45) is 0 Å². The third-order valence-electron chi connectivity index (χ3n) is 2.30. The summed E-state index contributed by atoms with van der Waals surface area (Å²) in [4.78, 5) is 1.16. The molecule has 0 saturated carbocycles. The molecule has 1 aliphatic heterocycles. The Morgan fingerprint density at radius 1 is 1.29 bits per heavy atom. The minimum atomic E-state index is -0.238. The highest BCUT2D eigenvalue weighted by Crippen LogP contribution is 2.27. The van der Waals surface area contributed by atoms with Gasteiger partial charge in [0, 0.05) is 28.9 Å². The van der Waals surface area contributed by atoms with Gasteiger partial charge in [-0.1, -0.05) is 0 Å². The molecule has 4 N–H and O–H groups in total. The fourth-order valence-electron chi connectivity index (χ4n) is 1.48. The van der Waals surface area contributed by atoms with Crippen LogP contribution in [0, 0.1) is 0 Å². The minimum Gasteiger partial charge on any atom is -0.399 e. The topological polar surface area (TPSA) is 58.3 Å². The number of aliphatic hydroxyl groups excluding tert-OH is 1. The Bertz CT molecular complexity index is 301. The second-order valence-electron chi connectivity index (χ2n) is 3.45.